The quantitative estimate of drug-likeness (QED) is 0.867. The Labute approximate surface area is 145 Å². The molecule has 3 heterocycles. The molecular formula is C18H31N5O. The lowest BCUT2D eigenvalue weighted by Gasteiger charge is -2.35. The van der Waals surface area contributed by atoms with Crippen molar-refractivity contribution in [3.05, 3.63) is 17.6 Å². The van der Waals surface area contributed by atoms with Crippen LogP contribution in [0.15, 0.2) is 6.33 Å². The van der Waals surface area contributed by atoms with Gasteiger partial charge in [0.2, 0.25) is 0 Å². The summed E-state index contributed by atoms with van der Waals surface area (Å²) in [4.78, 5) is 15.7. The van der Waals surface area contributed by atoms with Crippen LogP contribution in [0.4, 0.5) is 5.82 Å². The molecule has 0 radical (unpaired) electrons. The number of aliphatic hydroxyl groups excluding tert-OH is 1. The van der Waals surface area contributed by atoms with Gasteiger partial charge in [0.15, 0.2) is 0 Å². The van der Waals surface area contributed by atoms with Crippen LogP contribution in [0.5, 0.6) is 0 Å². The molecule has 1 N–H and O–H groups in total. The first kappa shape index (κ1) is 17.6. The van der Waals surface area contributed by atoms with Crippen molar-refractivity contribution in [3.63, 3.8) is 0 Å². The van der Waals surface area contributed by atoms with Crippen molar-refractivity contribution >= 4 is 5.82 Å². The van der Waals surface area contributed by atoms with Gasteiger partial charge < -0.3 is 14.9 Å². The van der Waals surface area contributed by atoms with E-state index in [0.717, 1.165) is 63.1 Å². The fraction of sp³-hybridized carbons (Fsp3) is 0.778. The van der Waals surface area contributed by atoms with Gasteiger partial charge in [-0.2, -0.15) is 0 Å². The van der Waals surface area contributed by atoms with Gasteiger partial charge in [-0.25, -0.2) is 9.97 Å². The smallest absolute Gasteiger partial charge is 0.136 e. The number of likely N-dealkylation sites (tertiary alicyclic amines) is 1. The molecule has 1 aromatic rings. The molecule has 1 unspecified atom stereocenters. The molecule has 1 saturated heterocycles. The van der Waals surface area contributed by atoms with Crippen LogP contribution < -0.4 is 4.90 Å². The Morgan fingerprint density at radius 3 is 2.58 bits per heavy atom. The van der Waals surface area contributed by atoms with Gasteiger partial charge in [0.25, 0.3) is 0 Å². The lowest BCUT2D eigenvalue weighted by molar-refractivity contribution is 0.0574. The van der Waals surface area contributed by atoms with Gasteiger partial charge in [0.05, 0.1) is 11.8 Å². The number of hydrogen-bond donors (Lipinski definition) is 1. The number of β-amino-alcohol motifs (C(OH)–C–C–N with tert-alkyl or cyclic N) is 1. The zero-order chi connectivity index (χ0) is 17.1. The average molecular weight is 333 g/mol. The lowest BCUT2D eigenvalue weighted by atomic mass is 9.99. The molecule has 0 saturated carbocycles. The first-order valence-electron chi connectivity index (χ1n) is 9.15. The molecule has 6 nitrogen and oxygen atoms in total. The first-order valence-corrected chi connectivity index (χ1v) is 9.15. The SMILES string of the molecule is CC1CCN(CC(O)CN2CCc3ncnc(N(C)C)c3C2)CC1. The van der Waals surface area contributed by atoms with Gasteiger partial charge in [-0.15, -0.1) is 0 Å². The number of anilines is 1. The standard InChI is InChI=1S/C18H31N5O/c1-14-4-7-22(8-5-14)10-15(24)11-23-9-6-17-16(12-23)18(21(2)3)20-13-19-17/h13-15,24H,4-12H2,1-3H3. The molecule has 3 rings (SSSR count). The third-order valence-electron chi connectivity index (χ3n) is 5.30. The fourth-order valence-corrected chi connectivity index (χ4v) is 3.82. The van der Waals surface area contributed by atoms with Crippen LogP contribution in [-0.4, -0.2) is 77.8 Å². The predicted octanol–water partition coefficient (Wildman–Crippen LogP) is 0.993. The molecule has 0 amide bonds. The normalized spacial score (nSPS) is 21.5. The van der Waals surface area contributed by atoms with E-state index in [1.54, 1.807) is 6.33 Å². The maximum Gasteiger partial charge on any atom is 0.136 e. The summed E-state index contributed by atoms with van der Waals surface area (Å²) in [5.74, 6) is 1.84. The van der Waals surface area contributed by atoms with E-state index < -0.39 is 0 Å². The molecule has 24 heavy (non-hydrogen) atoms. The Morgan fingerprint density at radius 1 is 1.17 bits per heavy atom. The van der Waals surface area contributed by atoms with E-state index in [0.29, 0.717) is 0 Å². The average Bonchev–Trinajstić information content (AvgIpc) is 2.56. The van der Waals surface area contributed by atoms with Gasteiger partial charge in [-0.05, 0) is 31.8 Å². The minimum atomic E-state index is -0.285. The van der Waals surface area contributed by atoms with Crippen LogP contribution in [0.25, 0.3) is 0 Å². The number of aromatic nitrogens is 2. The summed E-state index contributed by atoms with van der Waals surface area (Å²) in [7, 11) is 4.04. The first-order chi connectivity index (χ1) is 11.5. The van der Waals surface area contributed by atoms with Crippen molar-refractivity contribution in [1.29, 1.82) is 0 Å². The largest absolute Gasteiger partial charge is 0.390 e. The lowest BCUT2D eigenvalue weighted by Crippen LogP contribution is -2.44. The monoisotopic (exact) mass is 333 g/mol. The molecule has 134 valence electrons. The molecule has 6 heteroatoms. The molecule has 1 atom stereocenters. The Balaban J connectivity index is 1.55. The second kappa shape index (κ2) is 7.76. The summed E-state index contributed by atoms with van der Waals surface area (Å²) < 4.78 is 0. The number of hydrogen-bond acceptors (Lipinski definition) is 6. The van der Waals surface area contributed by atoms with E-state index in [1.165, 1.54) is 18.4 Å². The number of rotatable bonds is 5. The van der Waals surface area contributed by atoms with Crippen molar-refractivity contribution in [3.8, 4) is 0 Å². The zero-order valence-corrected chi connectivity index (χ0v) is 15.3. The van der Waals surface area contributed by atoms with E-state index >= 15 is 0 Å². The Morgan fingerprint density at radius 2 is 1.88 bits per heavy atom. The van der Waals surface area contributed by atoms with Crippen LogP contribution >= 0.6 is 0 Å². The van der Waals surface area contributed by atoms with Crippen LogP contribution in [0, 0.1) is 5.92 Å². The molecule has 2 aliphatic heterocycles. The minimum Gasteiger partial charge on any atom is -0.390 e. The van der Waals surface area contributed by atoms with Crippen LogP contribution in [0.1, 0.15) is 31.0 Å². The summed E-state index contributed by atoms with van der Waals surface area (Å²) >= 11 is 0. The van der Waals surface area contributed by atoms with Crippen molar-refractivity contribution in [2.24, 2.45) is 5.92 Å². The number of aliphatic hydroxyl groups is 1. The van der Waals surface area contributed by atoms with Crippen molar-refractivity contribution in [2.75, 3.05) is 51.7 Å². The third-order valence-corrected chi connectivity index (χ3v) is 5.30. The maximum absolute atomic E-state index is 10.5. The van der Waals surface area contributed by atoms with Crippen molar-refractivity contribution < 1.29 is 5.11 Å². The number of fused-ring (bicyclic) bond motifs is 1. The van der Waals surface area contributed by atoms with E-state index in [2.05, 4.69) is 31.6 Å². The van der Waals surface area contributed by atoms with Gasteiger partial charge in [-0.3, -0.25) is 4.90 Å². The van der Waals surface area contributed by atoms with Gasteiger partial charge in [0, 0.05) is 52.3 Å². The summed E-state index contributed by atoms with van der Waals surface area (Å²) in [5.41, 5.74) is 2.37. The zero-order valence-electron chi connectivity index (χ0n) is 15.3. The van der Waals surface area contributed by atoms with Gasteiger partial charge in [-0.1, -0.05) is 6.92 Å². The minimum absolute atomic E-state index is 0.285. The Kier molecular flexibility index (Phi) is 5.69. The van der Waals surface area contributed by atoms with E-state index in [1.807, 2.05) is 14.1 Å². The van der Waals surface area contributed by atoms with E-state index in [4.69, 9.17) is 0 Å². The summed E-state index contributed by atoms with van der Waals surface area (Å²) in [6.07, 6.45) is 4.83. The van der Waals surface area contributed by atoms with Crippen molar-refractivity contribution in [1.82, 2.24) is 19.8 Å². The molecule has 0 spiro atoms. The summed E-state index contributed by atoms with van der Waals surface area (Å²) in [6.45, 7) is 7.89. The molecule has 1 aromatic heterocycles. The second-order valence-corrected chi connectivity index (χ2v) is 7.64. The molecular weight excluding hydrogens is 302 g/mol. The van der Waals surface area contributed by atoms with Gasteiger partial charge >= 0.3 is 0 Å². The maximum atomic E-state index is 10.5. The van der Waals surface area contributed by atoms with Crippen molar-refractivity contribution in [2.45, 2.75) is 38.8 Å². The Bertz CT molecular complexity index is 542. The predicted molar refractivity (Wildman–Crippen MR) is 96.2 cm³/mol. The van der Waals surface area contributed by atoms with E-state index in [-0.39, 0.29) is 6.10 Å². The second-order valence-electron chi connectivity index (χ2n) is 7.64. The third kappa shape index (κ3) is 4.23. The summed E-state index contributed by atoms with van der Waals surface area (Å²) in [5, 5.41) is 10.5. The van der Waals surface area contributed by atoms with Crippen LogP contribution in [0.3, 0.4) is 0 Å². The number of nitrogens with zero attached hydrogens (tertiary/aromatic N) is 5. The molecule has 2 aliphatic rings. The molecule has 0 aliphatic carbocycles. The highest BCUT2D eigenvalue weighted by Crippen LogP contribution is 2.24. The van der Waals surface area contributed by atoms with Gasteiger partial charge in [0.1, 0.15) is 12.1 Å². The van der Waals surface area contributed by atoms with Crippen LogP contribution in [-0.2, 0) is 13.0 Å². The highest BCUT2D eigenvalue weighted by molar-refractivity contribution is 5.48. The highest BCUT2D eigenvalue weighted by Gasteiger charge is 2.25. The van der Waals surface area contributed by atoms with Crippen LogP contribution in [0.2, 0.25) is 0 Å². The molecule has 1 fully saturated rings. The summed E-state index contributed by atoms with van der Waals surface area (Å²) in [6, 6.07) is 0. The van der Waals surface area contributed by atoms with E-state index in [9.17, 15) is 5.11 Å². The fourth-order valence-electron chi connectivity index (χ4n) is 3.82. The topological polar surface area (TPSA) is 55.7 Å². The number of piperidine rings is 1. The molecule has 0 aromatic carbocycles. The Hall–Kier alpha value is -1.24. The molecule has 0 bridgehead atoms. The highest BCUT2D eigenvalue weighted by atomic mass is 16.3.